The normalized spacial score (nSPS) is 10.9. The molecule has 0 saturated heterocycles. The van der Waals surface area contributed by atoms with Crippen molar-refractivity contribution in [2.24, 2.45) is 7.05 Å². The summed E-state index contributed by atoms with van der Waals surface area (Å²) in [6, 6.07) is 12.3. The van der Waals surface area contributed by atoms with Crippen molar-refractivity contribution >= 4 is 34.9 Å². The first-order chi connectivity index (χ1) is 12.8. The largest absolute Gasteiger partial charge is 0.456 e. The van der Waals surface area contributed by atoms with Crippen LogP contribution in [0.2, 0.25) is 10.0 Å². The highest BCUT2D eigenvalue weighted by molar-refractivity contribution is 6.34. The fourth-order valence-corrected chi connectivity index (χ4v) is 2.86. The molecule has 5 nitrogen and oxygen atoms in total. The van der Waals surface area contributed by atoms with Crippen LogP contribution in [0.5, 0.6) is 11.5 Å². The van der Waals surface area contributed by atoms with Gasteiger partial charge < -0.3 is 10.1 Å². The zero-order chi connectivity index (χ0) is 19.6. The molecule has 0 radical (unpaired) electrons. The molecule has 0 saturated carbocycles. The standard InChI is InChI=1S/C18H13Cl2F2N3O2/c1-25-16(9-14(24-25)17(21)22)23-18(26)13-4-2-3-5-15(13)27-12-7-10(19)6-11(20)8-12/h2-9,17H,1H3,(H,23,26). The molecule has 9 heteroatoms. The molecule has 0 aliphatic rings. The monoisotopic (exact) mass is 411 g/mol. The molecule has 1 heterocycles. The Hall–Kier alpha value is -2.64. The Bertz CT molecular complexity index is 972. The predicted molar refractivity (Wildman–Crippen MR) is 99.1 cm³/mol. The first kappa shape index (κ1) is 19.1. The Morgan fingerprint density at radius 1 is 1.15 bits per heavy atom. The minimum absolute atomic E-state index is 0.135. The van der Waals surface area contributed by atoms with Gasteiger partial charge in [-0.25, -0.2) is 8.78 Å². The van der Waals surface area contributed by atoms with Crippen molar-refractivity contribution in [2.75, 3.05) is 5.32 Å². The summed E-state index contributed by atoms with van der Waals surface area (Å²) in [5.74, 6) is 0.205. The highest BCUT2D eigenvalue weighted by Crippen LogP contribution is 2.30. The summed E-state index contributed by atoms with van der Waals surface area (Å²) < 4.78 is 32.4. The summed E-state index contributed by atoms with van der Waals surface area (Å²) in [5.41, 5.74) is -0.223. The Morgan fingerprint density at radius 2 is 1.81 bits per heavy atom. The lowest BCUT2D eigenvalue weighted by molar-refractivity contribution is 0.102. The minimum Gasteiger partial charge on any atom is -0.456 e. The molecule has 2 aromatic carbocycles. The third kappa shape index (κ3) is 4.56. The van der Waals surface area contributed by atoms with Crippen molar-refractivity contribution in [1.82, 2.24) is 9.78 Å². The Morgan fingerprint density at radius 3 is 2.44 bits per heavy atom. The first-order valence-electron chi connectivity index (χ1n) is 7.70. The molecular formula is C18H13Cl2F2N3O2. The number of ether oxygens (including phenoxy) is 1. The molecule has 0 atom stereocenters. The molecule has 0 aliphatic heterocycles. The number of hydrogen-bond acceptors (Lipinski definition) is 3. The van der Waals surface area contributed by atoms with Crippen molar-refractivity contribution in [3.05, 3.63) is 69.8 Å². The average Bonchev–Trinajstić information content (AvgIpc) is 2.95. The van der Waals surface area contributed by atoms with Crippen molar-refractivity contribution < 1.29 is 18.3 Å². The van der Waals surface area contributed by atoms with Gasteiger partial charge in [-0.1, -0.05) is 35.3 Å². The molecule has 1 N–H and O–H groups in total. The van der Waals surface area contributed by atoms with E-state index in [0.717, 1.165) is 6.07 Å². The highest BCUT2D eigenvalue weighted by atomic mass is 35.5. The van der Waals surface area contributed by atoms with Crippen molar-refractivity contribution in [2.45, 2.75) is 6.43 Å². The molecule has 0 unspecified atom stereocenters. The fourth-order valence-electron chi connectivity index (χ4n) is 2.35. The van der Waals surface area contributed by atoms with E-state index in [0.29, 0.717) is 15.8 Å². The predicted octanol–water partition coefficient (Wildman–Crippen LogP) is 5.71. The van der Waals surface area contributed by atoms with Gasteiger partial charge in [0.15, 0.2) is 0 Å². The molecule has 0 spiro atoms. The number of benzene rings is 2. The van der Waals surface area contributed by atoms with Crippen LogP contribution in [0.25, 0.3) is 0 Å². The number of nitrogens with zero attached hydrogens (tertiary/aromatic N) is 2. The van der Waals surface area contributed by atoms with Gasteiger partial charge >= 0.3 is 0 Å². The third-order valence-corrected chi connectivity index (χ3v) is 4.00. The van der Waals surface area contributed by atoms with Crippen LogP contribution < -0.4 is 10.1 Å². The summed E-state index contributed by atoms with van der Waals surface area (Å²) >= 11 is 11.9. The Balaban J connectivity index is 1.85. The smallest absolute Gasteiger partial charge is 0.282 e. The van der Waals surface area contributed by atoms with Gasteiger partial charge in [-0.3, -0.25) is 9.48 Å². The Kier molecular flexibility index (Phi) is 5.62. The second kappa shape index (κ2) is 7.94. The van der Waals surface area contributed by atoms with Gasteiger partial charge in [0.05, 0.1) is 5.56 Å². The van der Waals surface area contributed by atoms with Gasteiger partial charge in [-0.05, 0) is 30.3 Å². The van der Waals surface area contributed by atoms with Crippen LogP contribution in [0.15, 0.2) is 48.5 Å². The van der Waals surface area contributed by atoms with Crippen LogP contribution in [0.3, 0.4) is 0 Å². The topological polar surface area (TPSA) is 56.2 Å². The number of amides is 1. The van der Waals surface area contributed by atoms with Crippen molar-refractivity contribution in [3.8, 4) is 11.5 Å². The van der Waals surface area contributed by atoms with Crippen LogP contribution >= 0.6 is 23.2 Å². The molecule has 3 aromatic rings. The zero-order valence-electron chi connectivity index (χ0n) is 13.9. The lowest BCUT2D eigenvalue weighted by Gasteiger charge is -2.12. The Labute approximate surface area is 163 Å². The maximum absolute atomic E-state index is 12.8. The summed E-state index contributed by atoms with van der Waals surface area (Å²) in [4.78, 5) is 12.6. The summed E-state index contributed by atoms with van der Waals surface area (Å²) in [5, 5.41) is 6.97. The van der Waals surface area contributed by atoms with E-state index >= 15 is 0 Å². The van der Waals surface area contributed by atoms with E-state index in [2.05, 4.69) is 10.4 Å². The fraction of sp³-hybridized carbons (Fsp3) is 0.111. The number of rotatable bonds is 5. The molecule has 1 aromatic heterocycles. The number of para-hydroxylation sites is 1. The van der Waals surface area contributed by atoms with Crippen LogP contribution in [-0.4, -0.2) is 15.7 Å². The molecule has 1 amide bonds. The van der Waals surface area contributed by atoms with Gasteiger partial charge in [0.25, 0.3) is 12.3 Å². The van der Waals surface area contributed by atoms with Gasteiger partial charge in [0.1, 0.15) is 23.0 Å². The lowest BCUT2D eigenvalue weighted by atomic mass is 10.2. The van der Waals surface area contributed by atoms with Crippen molar-refractivity contribution in [1.29, 1.82) is 0 Å². The molecule has 3 rings (SSSR count). The molecule has 0 aliphatic carbocycles. The number of carbonyl (C=O) groups excluding carboxylic acids is 1. The zero-order valence-corrected chi connectivity index (χ0v) is 15.4. The number of hydrogen-bond donors (Lipinski definition) is 1. The van der Waals surface area contributed by atoms with E-state index < -0.39 is 18.0 Å². The second-order valence-electron chi connectivity index (χ2n) is 5.54. The van der Waals surface area contributed by atoms with Crippen LogP contribution in [0.4, 0.5) is 14.6 Å². The molecule has 140 valence electrons. The third-order valence-electron chi connectivity index (χ3n) is 3.56. The first-order valence-corrected chi connectivity index (χ1v) is 8.45. The number of anilines is 1. The molecular weight excluding hydrogens is 399 g/mol. The van der Waals surface area contributed by atoms with Crippen LogP contribution in [0.1, 0.15) is 22.5 Å². The molecule has 0 bridgehead atoms. The number of carbonyl (C=O) groups is 1. The number of aryl methyl sites for hydroxylation is 1. The lowest BCUT2D eigenvalue weighted by Crippen LogP contribution is -2.15. The van der Waals surface area contributed by atoms with E-state index in [4.69, 9.17) is 27.9 Å². The van der Waals surface area contributed by atoms with E-state index in [1.807, 2.05) is 0 Å². The van der Waals surface area contributed by atoms with Gasteiger partial charge in [0.2, 0.25) is 0 Å². The maximum Gasteiger partial charge on any atom is 0.282 e. The summed E-state index contributed by atoms with van der Waals surface area (Å²) in [7, 11) is 1.46. The van der Waals surface area contributed by atoms with E-state index in [1.54, 1.807) is 42.5 Å². The van der Waals surface area contributed by atoms with Gasteiger partial charge in [-0.2, -0.15) is 5.10 Å². The maximum atomic E-state index is 12.8. The summed E-state index contributed by atoms with van der Waals surface area (Å²) in [6.07, 6.45) is -2.73. The van der Waals surface area contributed by atoms with E-state index in [9.17, 15) is 13.6 Å². The number of alkyl halides is 2. The number of aromatic nitrogens is 2. The highest BCUT2D eigenvalue weighted by Gasteiger charge is 2.18. The van der Waals surface area contributed by atoms with E-state index in [1.165, 1.54) is 11.7 Å². The number of nitrogens with one attached hydrogen (secondary N) is 1. The summed E-state index contributed by atoms with van der Waals surface area (Å²) in [6.45, 7) is 0. The van der Waals surface area contributed by atoms with E-state index in [-0.39, 0.29) is 17.1 Å². The van der Waals surface area contributed by atoms with Crippen LogP contribution in [-0.2, 0) is 7.05 Å². The molecule has 27 heavy (non-hydrogen) atoms. The molecule has 0 fully saturated rings. The quantitative estimate of drug-likeness (QED) is 0.584. The minimum atomic E-state index is -2.73. The van der Waals surface area contributed by atoms with Crippen molar-refractivity contribution in [3.63, 3.8) is 0 Å². The SMILES string of the molecule is Cn1nc(C(F)F)cc1NC(=O)c1ccccc1Oc1cc(Cl)cc(Cl)c1. The average molecular weight is 412 g/mol. The van der Waals surface area contributed by atoms with Crippen LogP contribution in [0, 0.1) is 0 Å². The van der Waals surface area contributed by atoms with Gasteiger partial charge in [-0.15, -0.1) is 0 Å². The van der Waals surface area contributed by atoms with Gasteiger partial charge in [0, 0.05) is 23.2 Å². The number of halogens is 4. The second-order valence-corrected chi connectivity index (χ2v) is 6.41.